The number of rotatable bonds is 9. The van der Waals surface area contributed by atoms with Gasteiger partial charge in [0.2, 0.25) is 0 Å². The van der Waals surface area contributed by atoms with Crippen LogP contribution in [0.3, 0.4) is 0 Å². The first-order valence-electron chi connectivity index (χ1n) is 8.24. The van der Waals surface area contributed by atoms with E-state index in [1.807, 2.05) is 0 Å². The van der Waals surface area contributed by atoms with Crippen LogP contribution in [0.1, 0.15) is 11.6 Å². The quantitative estimate of drug-likeness (QED) is 0.413. The third-order valence-corrected chi connectivity index (χ3v) is 4.27. The summed E-state index contributed by atoms with van der Waals surface area (Å²) in [5.74, 6) is -55.1. The van der Waals surface area contributed by atoms with Crippen LogP contribution in [0, 0.1) is 0 Å². The summed E-state index contributed by atoms with van der Waals surface area (Å²) in [4.78, 5) is 22.6. The number of halogens is 15. The van der Waals surface area contributed by atoms with Crippen molar-refractivity contribution >= 4 is 11.9 Å². The largest absolute Gasteiger partial charge is 0.479 e. The molecule has 0 unspecified atom stereocenters. The number of amides is 1. The molecule has 4 nitrogen and oxygen atoms in total. The first-order valence-corrected chi connectivity index (χ1v) is 8.24. The predicted molar refractivity (Wildman–Crippen MR) is 80.7 cm³/mol. The van der Waals surface area contributed by atoms with Gasteiger partial charge in [0.15, 0.2) is 6.04 Å². The smallest absolute Gasteiger partial charge is 0.460 e. The Kier molecular flexibility index (Phi) is 7.45. The maximum Gasteiger partial charge on any atom is 0.460 e. The standard InChI is InChI=1S/C16H8F15NO3/c17-10(18,9(35)32-7(8(33)34)6-4-2-1-3-5-6)11(19,20)12(21,22)13(23,24)14(25,26)15(27,28)16(29,30)31/h1-5,7H,(H,32,35)(H,33,34)/t7-/m0/s1. The molecule has 19 heteroatoms. The number of carboxylic acids is 1. The van der Waals surface area contributed by atoms with Gasteiger partial charge in [-0.25, -0.2) is 4.79 Å². The Labute approximate surface area is 182 Å². The molecule has 0 aliphatic heterocycles. The molecule has 0 spiro atoms. The molecule has 0 radical (unpaired) electrons. The predicted octanol–water partition coefficient (Wildman–Crippen LogP) is 5.30. The molecule has 1 amide bonds. The molecule has 0 bridgehead atoms. The molecule has 1 aromatic carbocycles. The van der Waals surface area contributed by atoms with Gasteiger partial charge < -0.3 is 10.4 Å². The van der Waals surface area contributed by atoms with Crippen LogP contribution >= 0.6 is 0 Å². The number of nitrogens with one attached hydrogen (secondary N) is 1. The molecular formula is C16H8F15NO3. The third-order valence-electron chi connectivity index (χ3n) is 4.27. The van der Waals surface area contributed by atoms with E-state index in [9.17, 15) is 75.4 Å². The van der Waals surface area contributed by atoms with Gasteiger partial charge in [-0.2, -0.15) is 65.9 Å². The maximum absolute atomic E-state index is 13.9. The average Bonchev–Trinajstić information content (AvgIpc) is 2.70. The van der Waals surface area contributed by atoms with E-state index < -0.39 is 65.2 Å². The SMILES string of the molecule is O=C(O)[C@@H](NC(=O)C(F)(F)C(F)(F)C(F)(F)C(F)(F)C(F)(F)C(F)(F)C(F)(F)F)c1ccccc1. The fourth-order valence-corrected chi connectivity index (χ4v) is 2.26. The van der Waals surface area contributed by atoms with Crippen molar-refractivity contribution < 1.29 is 80.6 Å². The summed E-state index contributed by atoms with van der Waals surface area (Å²) in [7, 11) is 0. The van der Waals surface area contributed by atoms with Crippen LogP contribution in [0.2, 0.25) is 0 Å². The van der Waals surface area contributed by atoms with Crippen molar-refractivity contribution in [1.29, 1.82) is 0 Å². The van der Waals surface area contributed by atoms with Crippen molar-refractivity contribution in [3.05, 3.63) is 35.9 Å². The molecule has 1 rings (SSSR count). The number of aliphatic carboxylic acids is 1. The Balaban J connectivity index is 3.52. The van der Waals surface area contributed by atoms with Gasteiger partial charge in [-0.15, -0.1) is 0 Å². The number of hydrogen-bond donors (Lipinski definition) is 2. The number of hydrogen-bond acceptors (Lipinski definition) is 2. The van der Waals surface area contributed by atoms with Crippen LogP contribution in [0.4, 0.5) is 65.9 Å². The highest BCUT2D eigenvalue weighted by Gasteiger charge is 2.94. The monoisotopic (exact) mass is 547 g/mol. The van der Waals surface area contributed by atoms with Crippen molar-refractivity contribution in [3.8, 4) is 0 Å². The van der Waals surface area contributed by atoms with Crippen LogP contribution in [0.5, 0.6) is 0 Å². The highest BCUT2D eigenvalue weighted by atomic mass is 19.4. The molecular weight excluding hydrogens is 539 g/mol. The summed E-state index contributed by atoms with van der Waals surface area (Å²) in [6.07, 6.45) is -7.75. The van der Waals surface area contributed by atoms with Crippen LogP contribution in [0.25, 0.3) is 0 Å². The summed E-state index contributed by atoms with van der Waals surface area (Å²) < 4.78 is 197. The van der Waals surface area contributed by atoms with Crippen molar-refractivity contribution in [2.24, 2.45) is 0 Å². The lowest BCUT2D eigenvalue weighted by atomic mass is 9.90. The lowest BCUT2D eigenvalue weighted by molar-refractivity contribution is -0.449. The molecule has 0 aliphatic carbocycles. The van der Waals surface area contributed by atoms with Gasteiger partial charge in [-0.1, -0.05) is 30.3 Å². The first kappa shape index (κ1) is 30.1. The van der Waals surface area contributed by atoms with Gasteiger partial charge >= 0.3 is 47.7 Å². The summed E-state index contributed by atoms with van der Waals surface area (Å²) in [6.45, 7) is 0. The van der Waals surface area contributed by atoms with Gasteiger partial charge in [0.25, 0.3) is 5.91 Å². The number of carbonyl (C=O) groups excluding carboxylic acids is 1. The van der Waals surface area contributed by atoms with Gasteiger partial charge in [-0.05, 0) is 5.56 Å². The molecule has 1 atom stereocenters. The zero-order valence-electron chi connectivity index (χ0n) is 15.9. The van der Waals surface area contributed by atoms with Crippen molar-refractivity contribution in [2.75, 3.05) is 0 Å². The van der Waals surface area contributed by atoms with E-state index in [2.05, 4.69) is 0 Å². The molecule has 0 aliphatic rings. The molecule has 0 fully saturated rings. The summed E-state index contributed by atoms with van der Waals surface area (Å²) in [6, 6.07) is 1.89. The van der Waals surface area contributed by atoms with E-state index >= 15 is 0 Å². The normalized spacial score (nSPS) is 15.5. The van der Waals surface area contributed by atoms with E-state index in [1.54, 1.807) is 0 Å². The average molecular weight is 547 g/mol. The van der Waals surface area contributed by atoms with Crippen LogP contribution < -0.4 is 5.32 Å². The molecule has 2 N–H and O–H groups in total. The van der Waals surface area contributed by atoms with Crippen molar-refractivity contribution in [1.82, 2.24) is 5.32 Å². The van der Waals surface area contributed by atoms with Gasteiger partial charge in [0, 0.05) is 0 Å². The number of alkyl halides is 15. The van der Waals surface area contributed by atoms with Gasteiger partial charge in [0.05, 0.1) is 0 Å². The topological polar surface area (TPSA) is 66.4 Å². The lowest BCUT2D eigenvalue weighted by Crippen LogP contribution is -2.74. The Morgan fingerprint density at radius 3 is 1.37 bits per heavy atom. The van der Waals surface area contributed by atoms with E-state index in [4.69, 9.17) is 5.11 Å². The number of benzene rings is 1. The summed E-state index contributed by atoms with van der Waals surface area (Å²) in [5.41, 5.74) is -0.694. The Morgan fingerprint density at radius 1 is 0.629 bits per heavy atom. The van der Waals surface area contributed by atoms with Crippen LogP contribution in [0.15, 0.2) is 30.3 Å². The number of carboxylic acid groups (broad SMARTS) is 1. The Morgan fingerprint density at radius 2 is 1.00 bits per heavy atom. The number of carbonyl (C=O) groups is 2. The minimum atomic E-state index is -8.56. The minimum Gasteiger partial charge on any atom is -0.479 e. The second kappa shape index (κ2) is 8.65. The summed E-state index contributed by atoms with van der Waals surface area (Å²) >= 11 is 0. The fraction of sp³-hybridized carbons (Fsp3) is 0.500. The highest BCUT2D eigenvalue weighted by Crippen LogP contribution is 2.62. The van der Waals surface area contributed by atoms with E-state index in [1.165, 1.54) is 6.07 Å². The van der Waals surface area contributed by atoms with Crippen molar-refractivity contribution in [3.63, 3.8) is 0 Å². The van der Waals surface area contributed by atoms with Crippen LogP contribution in [-0.2, 0) is 9.59 Å². The van der Waals surface area contributed by atoms with E-state index in [0.717, 1.165) is 24.3 Å². The van der Waals surface area contributed by atoms with E-state index in [-0.39, 0.29) is 0 Å². The lowest BCUT2D eigenvalue weighted by Gasteiger charge is -2.41. The summed E-state index contributed by atoms with van der Waals surface area (Å²) in [5, 5.41) is 9.43. The highest BCUT2D eigenvalue weighted by molar-refractivity contribution is 5.89. The Hall–Kier alpha value is -2.89. The van der Waals surface area contributed by atoms with Crippen molar-refractivity contribution in [2.45, 2.75) is 47.8 Å². The molecule has 0 aromatic heterocycles. The first-order chi connectivity index (χ1) is 15.3. The van der Waals surface area contributed by atoms with Gasteiger partial charge in [-0.3, -0.25) is 4.79 Å². The minimum absolute atomic E-state index is 0.534. The van der Waals surface area contributed by atoms with Crippen LogP contribution in [-0.4, -0.2) is 58.7 Å². The second-order valence-electron chi connectivity index (χ2n) is 6.60. The zero-order chi connectivity index (χ0) is 28.1. The molecule has 0 saturated carbocycles. The maximum atomic E-state index is 13.9. The molecule has 35 heavy (non-hydrogen) atoms. The van der Waals surface area contributed by atoms with Gasteiger partial charge in [0.1, 0.15) is 0 Å². The Bertz CT molecular complexity index is 943. The third kappa shape index (κ3) is 4.43. The second-order valence-corrected chi connectivity index (χ2v) is 6.60. The molecule has 1 aromatic rings. The molecule has 0 heterocycles. The zero-order valence-corrected chi connectivity index (χ0v) is 15.9. The van der Waals surface area contributed by atoms with E-state index in [0.29, 0.717) is 5.32 Å². The molecule has 0 saturated heterocycles. The molecule has 200 valence electrons. The fourth-order valence-electron chi connectivity index (χ4n) is 2.26.